The summed E-state index contributed by atoms with van der Waals surface area (Å²) in [4.78, 5) is 25.4. The highest BCUT2D eigenvalue weighted by Crippen LogP contribution is 2.20. The highest BCUT2D eigenvalue weighted by atomic mass is 16.5. The molecular weight excluding hydrogens is 294 g/mol. The summed E-state index contributed by atoms with van der Waals surface area (Å²) in [7, 11) is 0. The summed E-state index contributed by atoms with van der Waals surface area (Å²) in [6, 6.07) is 7.51. The molecule has 23 heavy (non-hydrogen) atoms. The Hall–Kier alpha value is -2.63. The quantitative estimate of drug-likeness (QED) is 0.920. The van der Waals surface area contributed by atoms with E-state index in [0.29, 0.717) is 11.6 Å². The molecule has 0 unspecified atom stereocenters. The van der Waals surface area contributed by atoms with Gasteiger partial charge in [0.15, 0.2) is 5.82 Å². The summed E-state index contributed by atoms with van der Waals surface area (Å²) >= 11 is 0. The molecule has 2 aromatic rings. The van der Waals surface area contributed by atoms with E-state index in [0.717, 1.165) is 16.8 Å². The maximum absolute atomic E-state index is 12.2. The molecule has 2 amide bonds. The van der Waals surface area contributed by atoms with Gasteiger partial charge in [-0.15, -0.1) is 0 Å². The Bertz CT molecular complexity index is 701. The van der Waals surface area contributed by atoms with Crippen molar-refractivity contribution in [2.24, 2.45) is 0 Å². The molecule has 0 aliphatic carbocycles. The van der Waals surface area contributed by atoms with E-state index in [-0.39, 0.29) is 24.8 Å². The third-order valence-electron chi connectivity index (χ3n) is 3.58. The molecule has 1 heterocycles. The molecule has 0 fully saturated rings. The minimum atomic E-state index is -0.182. The van der Waals surface area contributed by atoms with Gasteiger partial charge in [0.05, 0.1) is 0 Å². The lowest BCUT2D eigenvalue weighted by Gasteiger charge is -2.18. The Labute approximate surface area is 135 Å². The normalized spacial score (nSPS) is 10.4. The molecule has 0 aliphatic heterocycles. The van der Waals surface area contributed by atoms with E-state index < -0.39 is 0 Å². The largest absolute Gasteiger partial charge is 0.360 e. The van der Waals surface area contributed by atoms with Crippen molar-refractivity contribution >= 4 is 23.3 Å². The Morgan fingerprint density at radius 2 is 1.87 bits per heavy atom. The van der Waals surface area contributed by atoms with Crippen LogP contribution in [0.1, 0.15) is 30.2 Å². The summed E-state index contributed by atoms with van der Waals surface area (Å²) in [5.74, 6) is 0.716. The van der Waals surface area contributed by atoms with Crippen LogP contribution in [0.2, 0.25) is 0 Å². The second-order valence-electron chi connectivity index (χ2n) is 5.53. The highest BCUT2D eigenvalue weighted by Gasteiger charge is 2.17. The van der Waals surface area contributed by atoms with Gasteiger partial charge in [0, 0.05) is 31.6 Å². The number of aromatic nitrogens is 1. The first-order valence-electron chi connectivity index (χ1n) is 7.46. The number of nitrogens with one attached hydrogen (secondary N) is 1. The van der Waals surface area contributed by atoms with Crippen molar-refractivity contribution in [3.8, 4) is 0 Å². The number of amides is 2. The van der Waals surface area contributed by atoms with Crippen molar-refractivity contribution in [3.63, 3.8) is 0 Å². The molecule has 1 N–H and O–H groups in total. The van der Waals surface area contributed by atoms with Crippen molar-refractivity contribution in [3.05, 3.63) is 41.2 Å². The van der Waals surface area contributed by atoms with Gasteiger partial charge in [-0.2, -0.15) is 0 Å². The third kappa shape index (κ3) is 4.18. The van der Waals surface area contributed by atoms with Gasteiger partial charge >= 0.3 is 0 Å². The number of rotatable bonds is 5. The van der Waals surface area contributed by atoms with Crippen LogP contribution in [-0.4, -0.2) is 23.5 Å². The SMILES string of the molecule is CC(=O)N(CCC(=O)Nc1c(C)cccc1C)c1cc(C)on1. The van der Waals surface area contributed by atoms with Crippen LogP contribution in [0.3, 0.4) is 0 Å². The zero-order valence-corrected chi connectivity index (χ0v) is 13.8. The van der Waals surface area contributed by atoms with Crippen LogP contribution in [0.4, 0.5) is 11.5 Å². The first kappa shape index (κ1) is 16.7. The topological polar surface area (TPSA) is 75.4 Å². The molecule has 1 aromatic heterocycles. The van der Waals surface area contributed by atoms with Gasteiger partial charge in [-0.25, -0.2) is 0 Å². The van der Waals surface area contributed by atoms with Gasteiger partial charge in [-0.3, -0.25) is 14.5 Å². The molecule has 122 valence electrons. The van der Waals surface area contributed by atoms with Crippen LogP contribution >= 0.6 is 0 Å². The molecule has 0 spiro atoms. The number of anilines is 2. The summed E-state index contributed by atoms with van der Waals surface area (Å²) in [5.41, 5.74) is 2.84. The molecule has 0 bridgehead atoms. The van der Waals surface area contributed by atoms with E-state index in [4.69, 9.17) is 4.52 Å². The second-order valence-corrected chi connectivity index (χ2v) is 5.53. The molecule has 0 saturated carbocycles. The fraction of sp³-hybridized carbons (Fsp3) is 0.353. The second kappa shape index (κ2) is 7.09. The Morgan fingerprint density at radius 3 is 2.39 bits per heavy atom. The van der Waals surface area contributed by atoms with E-state index in [9.17, 15) is 9.59 Å². The van der Waals surface area contributed by atoms with E-state index in [1.165, 1.54) is 11.8 Å². The van der Waals surface area contributed by atoms with Gasteiger partial charge in [0.1, 0.15) is 5.76 Å². The number of nitrogens with zero attached hydrogens (tertiary/aromatic N) is 2. The van der Waals surface area contributed by atoms with Crippen molar-refractivity contribution < 1.29 is 14.1 Å². The molecule has 0 saturated heterocycles. The average Bonchev–Trinajstić information content (AvgIpc) is 2.89. The van der Waals surface area contributed by atoms with Crippen molar-refractivity contribution in [2.75, 3.05) is 16.8 Å². The maximum atomic E-state index is 12.2. The lowest BCUT2D eigenvalue weighted by atomic mass is 10.1. The standard InChI is InChI=1S/C17H21N3O3/c1-11-6-5-7-12(2)17(11)18-16(22)8-9-20(14(4)21)15-10-13(3)23-19-15/h5-7,10H,8-9H2,1-4H3,(H,18,22). The minimum absolute atomic E-state index is 0.145. The lowest BCUT2D eigenvalue weighted by molar-refractivity contribution is -0.117. The van der Waals surface area contributed by atoms with Crippen molar-refractivity contribution in [2.45, 2.75) is 34.1 Å². The summed E-state index contributed by atoms with van der Waals surface area (Å²) in [6.07, 6.45) is 0.180. The molecule has 6 heteroatoms. The fourth-order valence-corrected chi connectivity index (χ4v) is 2.34. The summed E-state index contributed by atoms with van der Waals surface area (Å²) in [6.45, 7) is 7.33. The van der Waals surface area contributed by atoms with E-state index in [1.807, 2.05) is 32.0 Å². The summed E-state index contributed by atoms with van der Waals surface area (Å²) in [5, 5.41) is 6.73. The predicted molar refractivity (Wildman–Crippen MR) is 88.4 cm³/mol. The molecule has 0 atom stereocenters. The van der Waals surface area contributed by atoms with Gasteiger partial charge in [-0.1, -0.05) is 23.4 Å². The van der Waals surface area contributed by atoms with Crippen LogP contribution < -0.4 is 10.2 Å². The number of aryl methyl sites for hydroxylation is 3. The first-order valence-corrected chi connectivity index (χ1v) is 7.46. The molecule has 0 aliphatic rings. The number of benzene rings is 1. The number of carbonyl (C=O) groups excluding carboxylic acids is 2. The Morgan fingerprint density at radius 1 is 1.22 bits per heavy atom. The number of para-hydroxylation sites is 1. The van der Waals surface area contributed by atoms with Gasteiger partial charge < -0.3 is 9.84 Å². The Balaban J connectivity index is 2.01. The Kier molecular flexibility index (Phi) is 5.16. The molecule has 2 rings (SSSR count). The number of carbonyl (C=O) groups is 2. The average molecular weight is 315 g/mol. The van der Waals surface area contributed by atoms with E-state index in [1.54, 1.807) is 13.0 Å². The maximum Gasteiger partial charge on any atom is 0.226 e. The van der Waals surface area contributed by atoms with Crippen LogP contribution in [-0.2, 0) is 9.59 Å². The van der Waals surface area contributed by atoms with E-state index >= 15 is 0 Å². The molecule has 1 aromatic carbocycles. The lowest BCUT2D eigenvalue weighted by Crippen LogP contribution is -2.32. The zero-order chi connectivity index (χ0) is 17.0. The fourth-order valence-electron chi connectivity index (χ4n) is 2.34. The van der Waals surface area contributed by atoms with Crippen LogP contribution in [0.25, 0.3) is 0 Å². The van der Waals surface area contributed by atoms with Gasteiger partial charge in [-0.05, 0) is 31.9 Å². The van der Waals surface area contributed by atoms with Crippen LogP contribution in [0.5, 0.6) is 0 Å². The van der Waals surface area contributed by atoms with Crippen LogP contribution in [0.15, 0.2) is 28.8 Å². The van der Waals surface area contributed by atoms with Crippen molar-refractivity contribution in [1.29, 1.82) is 0 Å². The van der Waals surface area contributed by atoms with Crippen LogP contribution in [0, 0.1) is 20.8 Å². The molecule has 0 radical (unpaired) electrons. The number of hydrogen-bond donors (Lipinski definition) is 1. The van der Waals surface area contributed by atoms with Gasteiger partial charge in [0.25, 0.3) is 0 Å². The van der Waals surface area contributed by atoms with Gasteiger partial charge in [0.2, 0.25) is 11.8 Å². The molecule has 6 nitrogen and oxygen atoms in total. The first-order chi connectivity index (χ1) is 10.9. The summed E-state index contributed by atoms with van der Waals surface area (Å²) < 4.78 is 4.99. The monoisotopic (exact) mass is 315 g/mol. The predicted octanol–water partition coefficient (Wildman–Crippen LogP) is 2.98. The third-order valence-corrected chi connectivity index (χ3v) is 3.58. The van der Waals surface area contributed by atoms with Crippen molar-refractivity contribution in [1.82, 2.24) is 5.16 Å². The smallest absolute Gasteiger partial charge is 0.226 e. The highest BCUT2D eigenvalue weighted by molar-refractivity contribution is 5.95. The van der Waals surface area contributed by atoms with E-state index in [2.05, 4.69) is 10.5 Å². The minimum Gasteiger partial charge on any atom is -0.360 e. The molecular formula is C17H21N3O3. The number of hydrogen-bond acceptors (Lipinski definition) is 4. The zero-order valence-electron chi connectivity index (χ0n) is 13.8.